The molecule has 1 fully saturated rings. The summed E-state index contributed by atoms with van der Waals surface area (Å²) in [5, 5.41) is 3.01. The number of hydrogen-bond acceptors (Lipinski definition) is 2. The van der Waals surface area contributed by atoms with E-state index >= 15 is 0 Å². The molecule has 3 nitrogen and oxygen atoms in total. The first kappa shape index (κ1) is 13.6. The van der Waals surface area contributed by atoms with Crippen LogP contribution in [-0.2, 0) is 10.2 Å². The van der Waals surface area contributed by atoms with Crippen LogP contribution in [0, 0.1) is 0 Å². The molecule has 3 N–H and O–H groups in total. The number of carbonyl (C=O) groups excluding carboxylic acids is 1. The summed E-state index contributed by atoms with van der Waals surface area (Å²) in [7, 11) is 0. The lowest BCUT2D eigenvalue weighted by molar-refractivity contribution is -0.129. The van der Waals surface area contributed by atoms with Crippen molar-refractivity contribution in [3.63, 3.8) is 0 Å². The molecule has 1 saturated carbocycles. The fourth-order valence-electron chi connectivity index (χ4n) is 2.42. The third-order valence-corrected chi connectivity index (χ3v) is 4.23. The molecule has 1 amide bonds. The number of rotatable bonds is 5. The molecule has 0 saturated heterocycles. The third-order valence-electron chi connectivity index (χ3n) is 3.71. The van der Waals surface area contributed by atoms with Gasteiger partial charge in [0, 0.05) is 11.0 Å². The lowest BCUT2D eigenvalue weighted by atomic mass is 9.64. The molecule has 0 spiro atoms. The summed E-state index contributed by atoms with van der Waals surface area (Å²) in [6.07, 6.45) is 3.86. The maximum Gasteiger partial charge on any atom is 0.230 e. The lowest BCUT2D eigenvalue weighted by Gasteiger charge is -2.40. The molecule has 4 heteroatoms. The Hall–Kier alpha value is -0.870. The number of nitrogens with one attached hydrogen (secondary N) is 1. The SMILES string of the molecule is NCCCNC(=O)C1(c2ccc(Br)cc2)CCC1. The van der Waals surface area contributed by atoms with Crippen molar-refractivity contribution >= 4 is 21.8 Å². The first-order valence-electron chi connectivity index (χ1n) is 6.43. The molecule has 0 aliphatic heterocycles. The van der Waals surface area contributed by atoms with Gasteiger partial charge < -0.3 is 11.1 Å². The number of benzene rings is 1. The third kappa shape index (κ3) is 2.59. The van der Waals surface area contributed by atoms with Crippen LogP contribution in [-0.4, -0.2) is 19.0 Å². The van der Waals surface area contributed by atoms with Gasteiger partial charge in [-0.05, 0) is 43.5 Å². The molecule has 1 aromatic rings. The van der Waals surface area contributed by atoms with Crippen molar-refractivity contribution in [2.24, 2.45) is 5.73 Å². The average molecular weight is 311 g/mol. The van der Waals surface area contributed by atoms with Crippen LogP contribution >= 0.6 is 15.9 Å². The quantitative estimate of drug-likeness (QED) is 0.820. The van der Waals surface area contributed by atoms with Gasteiger partial charge in [-0.15, -0.1) is 0 Å². The van der Waals surface area contributed by atoms with Gasteiger partial charge in [0.05, 0.1) is 5.41 Å². The molecule has 1 aromatic carbocycles. The second-order valence-electron chi connectivity index (χ2n) is 4.84. The van der Waals surface area contributed by atoms with Gasteiger partial charge in [0.25, 0.3) is 0 Å². The number of halogens is 1. The highest BCUT2D eigenvalue weighted by molar-refractivity contribution is 9.10. The van der Waals surface area contributed by atoms with Gasteiger partial charge in [-0.3, -0.25) is 4.79 Å². The molecule has 0 unspecified atom stereocenters. The van der Waals surface area contributed by atoms with E-state index in [0.717, 1.165) is 35.7 Å². The number of amides is 1. The van der Waals surface area contributed by atoms with Crippen molar-refractivity contribution in [2.75, 3.05) is 13.1 Å². The van der Waals surface area contributed by atoms with Crippen LogP contribution in [0.4, 0.5) is 0 Å². The predicted molar refractivity (Wildman–Crippen MR) is 76.4 cm³/mol. The molecule has 1 aliphatic carbocycles. The molecular weight excluding hydrogens is 292 g/mol. The van der Waals surface area contributed by atoms with E-state index in [-0.39, 0.29) is 11.3 Å². The Balaban J connectivity index is 2.10. The molecule has 2 rings (SSSR count). The van der Waals surface area contributed by atoms with Crippen LogP contribution in [0.3, 0.4) is 0 Å². The molecule has 0 aromatic heterocycles. The maximum atomic E-state index is 12.3. The largest absolute Gasteiger partial charge is 0.355 e. The molecule has 0 radical (unpaired) electrons. The fourth-order valence-corrected chi connectivity index (χ4v) is 2.68. The van der Waals surface area contributed by atoms with Crippen LogP contribution in [0.5, 0.6) is 0 Å². The van der Waals surface area contributed by atoms with Crippen LogP contribution in [0.15, 0.2) is 28.7 Å². The Labute approximate surface area is 116 Å². The molecule has 98 valence electrons. The Morgan fingerprint density at radius 3 is 2.50 bits per heavy atom. The molecule has 0 bridgehead atoms. The Kier molecular flexibility index (Phi) is 4.40. The number of nitrogens with two attached hydrogens (primary N) is 1. The van der Waals surface area contributed by atoms with Crippen molar-refractivity contribution in [3.8, 4) is 0 Å². The Morgan fingerprint density at radius 2 is 2.00 bits per heavy atom. The number of hydrogen-bond donors (Lipinski definition) is 2. The van der Waals surface area contributed by atoms with Gasteiger partial charge in [0.15, 0.2) is 0 Å². The van der Waals surface area contributed by atoms with E-state index in [1.54, 1.807) is 0 Å². The molecule has 0 heterocycles. The van der Waals surface area contributed by atoms with E-state index in [1.807, 2.05) is 24.3 Å². The van der Waals surface area contributed by atoms with Crippen molar-refractivity contribution < 1.29 is 4.79 Å². The van der Waals surface area contributed by atoms with E-state index in [0.29, 0.717) is 13.1 Å². The topological polar surface area (TPSA) is 55.1 Å². The van der Waals surface area contributed by atoms with Gasteiger partial charge in [-0.2, -0.15) is 0 Å². The van der Waals surface area contributed by atoms with Crippen LogP contribution in [0.1, 0.15) is 31.2 Å². The van der Waals surface area contributed by atoms with Crippen LogP contribution < -0.4 is 11.1 Å². The normalized spacial score (nSPS) is 17.0. The zero-order valence-corrected chi connectivity index (χ0v) is 12.0. The first-order valence-corrected chi connectivity index (χ1v) is 7.23. The summed E-state index contributed by atoms with van der Waals surface area (Å²) >= 11 is 3.43. The average Bonchev–Trinajstić information content (AvgIpc) is 2.30. The van der Waals surface area contributed by atoms with Gasteiger partial charge in [0.2, 0.25) is 5.91 Å². The Morgan fingerprint density at radius 1 is 1.33 bits per heavy atom. The maximum absolute atomic E-state index is 12.3. The summed E-state index contributed by atoms with van der Waals surface area (Å²) in [5.41, 5.74) is 6.27. The van der Waals surface area contributed by atoms with Crippen LogP contribution in [0.25, 0.3) is 0 Å². The summed E-state index contributed by atoms with van der Waals surface area (Å²) in [6, 6.07) is 8.10. The first-order chi connectivity index (χ1) is 8.69. The Bertz CT molecular complexity index is 412. The minimum absolute atomic E-state index is 0.157. The highest BCUT2D eigenvalue weighted by Gasteiger charge is 2.45. The van der Waals surface area contributed by atoms with Gasteiger partial charge in [-0.25, -0.2) is 0 Å². The van der Waals surface area contributed by atoms with Crippen molar-refractivity contribution in [2.45, 2.75) is 31.1 Å². The number of carbonyl (C=O) groups is 1. The van der Waals surface area contributed by atoms with Gasteiger partial charge in [0.1, 0.15) is 0 Å². The molecule has 18 heavy (non-hydrogen) atoms. The highest BCUT2D eigenvalue weighted by Crippen LogP contribution is 2.44. The molecule has 1 aliphatic rings. The zero-order chi connectivity index (χ0) is 13.0. The monoisotopic (exact) mass is 310 g/mol. The van der Waals surface area contributed by atoms with E-state index in [1.165, 1.54) is 0 Å². The summed E-state index contributed by atoms with van der Waals surface area (Å²) in [6.45, 7) is 1.29. The van der Waals surface area contributed by atoms with E-state index in [4.69, 9.17) is 5.73 Å². The predicted octanol–water partition coefficient (Wildman–Crippen LogP) is 2.34. The van der Waals surface area contributed by atoms with E-state index in [9.17, 15) is 4.79 Å². The zero-order valence-electron chi connectivity index (χ0n) is 10.4. The standard InChI is InChI=1S/C14H19BrN2O/c15-12-5-3-11(4-6-12)14(7-1-8-14)13(18)17-10-2-9-16/h3-6H,1-2,7-10,16H2,(H,17,18). The van der Waals surface area contributed by atoms with E-state index < -0.39 is 0 Å². The van der Waals surface area contributed by atoms with Crippen molar-refractivity contribution in [3.05, 3.63) is 34.3 Å². The van der Waals surface area contributed by atoms with Crippen molar-refractivity contribution in [1.82, 2.24) is 5.32 Å². The molecular formula is C14H19BrN2O. The van der Waals surface area contributed by atoms with Crippen LogP contribution in [0.2, 0.25) is 0 Å². The van der Waals surface area contributed by atoms with Gasteiger partial charge in [-0.1, -0.05) is 34.5 Å². The highest BCUT2D eigenvalue weighted by atomic mass is 79.9. The molecule has 0 atom stereocenters. The smallest absolute Gasteiger partial charge is 0.230 e. The van der Waals surface area contributed by atoms with E-state index in [2.05, 4.69) is 21.2 Å². The second kappa shape index (κ2) is 5.85. The minimum Gasteiger partial charge on any atom is -0.355 e. The fraction of sp³-hybridized carbons (Fsp3) is 0.500. The van der Waals surface area contributed by atoms with Gasteiger partial charge >= 0.3 is 0 Å². The summed E-state index contributed by atoms with van der Waals surface area (Å²) < 4.78 is 1.05. The summed E-state index contributed by atoms with van der Waals surface area (Å²) in [4.78, 5) is 12.3. The van der Waals surface area contributed by atoms with Crippen molar-refractivity contribution in [1.29, 1.82) is 0 Å². The minimum atomic E-state index is -0.296. The second-order valence-corrected chi connectivity index (χ2v) is 5.76. The summed E-state index contributed by atoms with van der Waals surface area (Å²) in [5.74, 6) is 0.157. The lowest BCUT2D eigenvalue weighted by Crippen LogP contribution is -2.49.